The third kappa shape index (κ3) is 3.16. The average molecular weight is 245 g/mol. The van der Waals surface area contributed by atoms with Crippen LogP contribution in [0.2, 0.25) is 0 Å². The highest BCUT2D eigenvalue weighted by molar-refractivity contribution is 5.86. The third-order valence-corrected chi connectivity index (χ3v) is 2.54. The van der Waals surface area contributed by atoms with Crippen LogP contribution in [0, 0.1) is 0 Å². The van der Waals surface area contributed by atoms with E-state index in [1.54, 1.807) is 0 Å². The molecule has 2 aromatic rings. The molecule has 0 spiro atoms. The molecule has 0 aliphatic heterocycles. The summed E-state index contributed by atoms with van der Waals surface area (Å²) in [5.41, 5.74) is 2.40. The molecule has 2 rings (SSSR count). The van der Waals surface area contributed by atoms with Crippen molar-refractivity contribution in [2.24, 2.45) is 0 Å². The summed E-state index contributed by atoms with van der Waals surface area (Å²) < 4.78 is 5.30. The number of benzene rings is 1. The van der Waals surface area contributed by atoms with Crippen LogP contribution in [0.1, 0.15) is 30.9 Å². The van der Waals surface area contributed by atoms with Crippen LogP contribution >= 0.6 is 0 Å². The van der Waals surface area contributed by atoms with E-state index in [4.69, 9.17) is 4.42 Å². The van der Waals surface area contributed by atoms with Gasteiger partial charge in [0.25, 0.3) is 0 Å². The summed E-state index contributed by atoms with van der Waals surface area (Å²) in [7, 11) is 0. The predicted molar refractivity (Wildman–Crippen MR) is 67.2 cm³/mol. The first-order chi connectivity index (χ1) is 8.67. The highest BCUT2D eigenvalue weighted by Crippen LogP contribution is 2.12. The number of carbonyl (C=O) groups is 1. The molecule has 0 aliphatic rings. The number of rotatable bonds is 4. The van der Waals surface area contributed by atoms with Gasteiger partial charge in [-0.3, -0.25) is 10.1 Å². The van der Waals surface area contributed by atoms with Gasteiger partial charge in [-0.25, -0.2) is 0 Å². The zero-order valence-corrected chi connectivity index (χ0v) is 10.4. The molecular formula is C13H15N3O2. The molecule has 5 nitrogen and oxygen atoms in total. The first-order valence-electron chi connectivity index (χ1n) is 5.85. The number of hydrogen-bond acceptors (Lipinski definition) is 4. The first kappa shape index (κ1) is 12.3. The lowest BCUT2D eigenvalue weighted by Crippen LogP contribution is -2.05. The number of hydrogen-bond donors (Lipinski definition) is 1. The van der Waals surface area contributed by atoms with Gasteiger partial charge < -0.3 is 4.42 Å². The molecule has 0 saturated heterocycles. The van der Waals surface area contributed by atoms with Crippen molar-refractivity contribution in [3.63, 3.8) is 0 Å². The number of carbonyl (C=O) groups excluding carboxylic acids is 1. The second kappa shape index (κ2) is 5.44. The molecule has 0 fully saturated rings. The second-order valence-electron chi connectivity index (χ2n) is 4.03. The summed E-state index contributed by atoms with van der Waals surface area (Å²) in [6.07, 6.45) is 1.59. The SMILES string of the molecule is CCc1ccc(Cc2nnc(NC(C)=O)o2)cc1. The van der Waals surface area contributed by atoms with Crippen LogP contribution < -0.4 is 5.32 Å². The number of nitrogens with zero attached hydrogens (tertiary/aromatic N) is 2. The lowest BCUT2D eigenvalue weighted by molar-refractivity contribution is -0.114. The molecule has 0 aliphatic carbocycles. The monoisotopic (exact) mass is 245 g/mol. The fourth-order valence-electron chi connectivity index (χ4n) is 1.59. The van der Waals surface area contributed by atoms with E-state index in [1.807, 2.05) is 12.1 Å². The fourth-order valence-corrected chi connectivity index (χ4v) is 1.59. The van der Waals surface area contributed by atoms with Gasteiger partial charge in [0.05, 0.1) is 6.42 Å². The van der Waals surface area contributed by atoms with Crippen LogP contribution in [-0.4, -0.2) is 16.1 Å². The van der Waals surface area contributed by atoms with Gasteiger partial charge in [-0.15, -0.1) is 5.10 Å². The van der Waals surface area contributed by atoms with Gasteiger partial charge in [0.1, 0.15) is 0 Å². The van der Waals surface area contributed by atoms with E-state index in [2.05, 4.69) is 34.6 Å². The zero-order chi connectivity index (χ0) is 13.0. The molecule has 5 heteroatoms. The van der Waals surface area contributed by atoms with Crippen LogP contribution in [-0.2, 0) is 17.6 Å². The largest absolute Gasteiger partial charge is 0.407 e. The van der Waals surface area contributed by atoms with Crippen LogP contribution in [0.15, 0.2) is 28.7 Å². The second-order valence-corrected chi connectivity index (χ2v) is 4.03. The first-order valence-corrected chi connectivity index (χ1v) is 5.85. The lowest BCUT2D eigenvalue weighted by Gasteiger charge is -1.99. The Morgan fingerprint density at radius 3 is 2.50 bits per heavy atom. The van der Waals surface area contributed by atoms with E-state index >= 15 is 0 Å². The molecule has 18 heavy (non-hydrogen) atoms. The Labute approximate surface area is 105 Å². The van der Waals surface area contributed by atoms with E-state index < -0.39 is 0 Å². The van der Waals surface area contributed by atoms with Crippen molar-refractivity contribution >= 4 is 11.9 Å². The number of aromatic nitrogens is 2. The van der Waals surface area contributed by atoms with Gasteiger partial charge in [0.2, 0.25) is 11.8 Å². The number of amides is 1. The highest BCUT2D eigenvalue weighted by atomic mass is 16.4. The fraction of sp³-hybridized carbons (Fsp3) is 0.308. The van der Waals surface area contributed by atoms with Gasteiger partial charge in [-0.1, -0.05) is 36.3 Å². The molecule has 1 amide bonds. The Kier molecular flexibility index (Phi) is 3.72. The third-order valence-electron chi connectivity index (χ3n) is 2.54. The summed E-state index contributed by atoms with van der Waals surface area (Å²) >= 11 is 0. The molecule has 0 atom stereocenters. The van der Waals surface area contributed by atoms with E-state index in [9.17, 15) is 4.79 Å². The van der Waals surface area contributed by atoms with Gasteiger partial charge >= 0.3 is 6.01 Å². The summed E-state index contributed by atoms with van der Waals surface area (Å²) in [5.74, 6) is 0.264. The molecular weight excluding hydrogens is 230 g/mol. The highest BCUT2D eigenvalue weighted by Gasteiger charge is 2.07. The Hall–Kier alpha value is -2.17. The van der Waals surface area contributed by atoms with Gasteiger partial charge in [-0.2, -0.15) is 0 Å². The maximum absolute atomic E-state index is 10.8. The molecule has 94 valence electrons. The topological polar surface area (TPSA) is 68.0 Å². The van der Waals surface area contributed by atoms with E-state index in [1.165, 1.54) is 12.5 Å². The Balaban J connectivity index is 2.03. The molecule has 0 radical (unpaired) electrons. The minimum absolute atomic E-state index is 0.141. The van der Waals surface area contributed by atoms with Crippen LogP contribution in [0.3, 0.4) is 0 Å². The van der Waals surface area contributed by atoms with Crippen molar-refractivity contribution in [2.75, 3.05) is 5.32 Å². The lowest BCUT2D eigenvalue weighted by atomic mass is 10.1. The van der Waals surface area contributed by atoms with Crippen LogP contribution in [0.4, 0.5) is 6.01 Å². The summed E-state index contributed by atoms with van der Waals surface area (Å²) in [6, 6.07) is 8.39. The van der Waals surface area contributed by atoms with Gasteiger partial charge in [-0.05, 0) is 17.5 Å². The summed E-state index contributed by atoms with van der Waals surface area (Å²) in [5, 5.41) is 10.1. The van der Waals surface area contributed by atoms with Crippen molar-refractivity contribution in [3.05, 3.63) is 41.3 Å². The maximum Gasteiger partial charge on any atom is 0.322 e. The van der Waals surface area contributed by atoms with E-state index in [0.717, 1.165) is 12.0 Å². The number of nitrogens with one attached hydrogen (secondary N) is 1. The minimum Gasteiger partial charge on any atom is -0.407 e. The van der Waals surface area contributed by atoms with Crippen molar-refractivity contribution in [1.29, 1.82) is 0 Å². The molecule has 1 heterocycles. The summed E-state index contributed by atoms with van der Waals surface area (Å²) in [4.78, 5) is 10.8. The van der Waals surface area contributed by atoms with Crippen molar-refractivity contribution in [1.82, 2.24) is 10.2 Å². The molecule has 1 N–H and O–H groups in total. The van der Waals surface area contributed by atoms with Crippen LogP contribution in [0.25, 0.3) is 0 Å². The zero-order valence-electron chi connectivity index (χ0n) is 10.4. The predicted octanol–water partition coefficient (Wildman–Crippen LogP) is 2.18. The summed E-state index contributed by atoms with van der Waals surface area (Å²) in [6.45, 7) is 3.51. The Morgan fingerprint density at radius 2 is 1.89 bits per heavy atom. The van der Waals surface area contributed by atoms with Crippen molar-refractivity contribution < 1.29 is 9.21 Å². The standard InChI is InChI=1S/C13H15N3O2/c1-3-10-4-6-11(7-5-10)8-12-15-16-13(18-12)14-9(2)17/h4-7H,3,8H2,1-2H3,(H,14,16,17). The van der Waals surface area contributed by atoms with Crippen LogP contribution in [0.5, 0.6) is 0 Å². The minimum atomic E-state index is -0.225. The van der Waals surface area contributed by atoms with E-state index in [0.29, 0.717) is 12.3 Å². The van der Waals surface area contributed by atoms with Crippen molar-refractivity contribution in [3.8, 4) is 0 Å². The average Bonchev–Trinajstić information content (AvgIpc) is 2.76. The Morgan fingerprint density at radius 1 is 1.22 bits per heavy atom. The van der Waals surface area contributed by atoms with Crippen molar-refractivity contribution in [2.45, 2.75) is 26.7 Å². The van der Waals surface area contributed by atoms with E-state index in [-0.39, 0.29) is 11.9 Å². The Bertz CT molecular complexity index is 531. The molecule has 0 saturated carbocycles. The smallest absolute Gasteiger partial charge is 0.322 e. The molecule has 0 bridgehead atoms. The maximum atomic E-state index is 10.8. The van der Waals surface area contributed by atoms with Gasteiger partial charge in [0, 0.05) is 6.92 Å². The van der Waals surface area contributed by atoms with Gasteiger partial charge in [0.15, 0.2) is 0 Å². The quantitative estimate of drug-likeness (QED) is 0.896. The number of aryl methyl sites for hydroxylation is 1. The molecule has 1 aromatic carbocycles. The number of anilines is 1. The normalized spacial score (nSPS) is 10.3. The molecule has 0 unspecified atom stereocenters. The molecule has 1 aromatic heterocycles.